The zero-order valence-electron chi connectivity index (χ0n) is 15.9. The molecule has 0 spiro atoms. The maximum atomic E-state index is 6.03. The molecular formula is C20H24N4O3. The molecule has 1 fully saturated rings. The van der Waals surface area contributed by atoms with E-state index >= 15 is 0 Å². The van der Waals surface area contributed by atoms with Crippen LogP contribution in [0.2, 0.25) is 0 Å². The number of aromatic nitrogens is 3. The number of aryl methyl sites for hydroxylation is 2. The Labute approximate surface area is 158 Å². The molecule has 3 aromatic rings. The summed E-state index contributed by atoms with van der Waals surface area (Å²) in [7, 11) is 1.73. The third-order valence-electron chi connectivity index (χ3n) is 5.24. The lowest BCUT2D eigenvalue weighted by molar-refractivity contribution is 0.144. The van der Waals surface area contributed by atoms with Crippen molar-refractivity contribution in [2.75, 3.05) is 26.8 Å². The van der Waals surface area contributed by atoms with Crippen LogP contribution in [-0.4, -0.2) is 47.1 Å². The van der Waals surface area contributed by atoms with E-state index in [-0.39, 0.29) is 5.92 Å². The van der Waals surface area contributed by atoms with Gasteiger partial charge >= 0.3 is 0 Å². The summed E-state index contributed by atoms with van der Waals surface area (Å²) in [6.07, 6.45) is 0. The first-order valence-electron chi connectivity index (χ1n) is 9.17. The summed E-state index contributed by atoms with van der Waals surface area (Å²) in [6.45, 7) is 7.15. The normalized spacial score (nSPS) is 20.4. The Balaban J connectivity index is 1.53. The highest BCUT2D eigenvalue weighted by atomic mass is 16.5. The van der Waals surface area contributed by atoms with Crippen LogP contribution in [0.15, 0.2) is 39.3 Å². The van der Waals surface area contributed by atoms with Crippen molar-refractivity contribution in [2.45, 2.75) is 26.3 Å². The molecule has 0 bridgehead atoms. The summed E-state index contributed by atoms with van der Waals surface area (Å²) < 4.78 is 16.8. The molecule has 27 heavy (non-hydrogen) atoms. The minimum atomic E-state index is 0.149. The van der Waals surface area contributed by atoms with Gasteiger partial charge in [0.1, 0.15) is 5.76 Å². The van der Waals surface area contributed by atoms with Crippen molar-refractivity contribution in [2.24, 2.45) is 5.92 Å². The lowest BCUT2D eigenvalue weighted by Gasteiger charge is -2.15. The summed E-state index contributed by atoms with van der Waals surface area (Å²) in [6, 6.07) is 9.85. The number of nitrogens with zero attached hydrogens (tertiary/aromatic N) is 4. The lowest BCUT2D eigenvalue weighted by atomic mass is 9.97. The zero-order valence-corrected chi connectivity index (χ0v) is 15.9. The molecule has 3 heterocycles. The Hall–Kier alpha value is -2.51. The van der Waals surface area contributed by atoms with E-state index in [1.807, 2.05) is 44.2 Å². The van der Waals surface area contributed by atoms with Gasteiger partial charge < -0.3 is 13.7 Å². The van der Waals surface area contributed by atoms with E-state index in [9.17, 15) is 0 Å². The highest BCUT2D eigenvalue weighted by Crippen LogP contribution is 2.34. The average molecular weight is 368 g/mol. The van der Waals surface area contributed by atoms with Crippen LogP contribution in [0.25, 0.3) is 11.5 Å². The van der Waals surface area contributed by atoms with Gasteiger partial charge in [-0.25, -0.2) is 0 Å². The smallest absolute Gasteiger partial charge is 0.247 e. The van der Waals surface area contributed by atoms with Gasteiger partial charge in [0.25, 0.3) is 0 Å². The molecule has 1 saturated heterocycles. The maximum absolute atomic E-state index is 6.03. The van der Waals surface area contributed by atoms with Crippen LogP contribution in [0.4, 0.5) is 0 Å². The third kappa shape index (κ3) is 3.65. The van der Waals surface area contributed by atoms with Crippen molar-refractivity contribution in [3.63, 3.8) is 0 Å². The average Bonchev–Trinajstić information content (AvgIpc) is 3.38. The number of benzene rings is 1. The number of hydrogen-bond donors (Lipinski definition) is 0. The molecule has 142 valence electrons. The van der Waals surface area contributed by atoms with Gasteiger partial charge in [-0.15, -0.1) is 10.2 Å². The number of hydrogen-bond acceptors (Lipinski definition) is 7. The fourth-order valence-electron chi connectivity index (χ4n) is 3.79. The Morgan fingerprint density at radius 1 is 1.15 bits per heavy atom. The number of ether oxygens (including phenoxy) is 1. The molecule has 2 atom stereocenters. The largest absolute Gasteiger partial charge is 0.420 e. The second kappa shape index (κ2) is 7.62. The minimum Gasteiger partial charge on any atom is -0.420 e. The topological polar surface area (TPSA) is 77.4 Å². The van der Waals surface area contributed by atoms with Crippen LogP contribution in [0.3, 0.4) is 0 Å². The van der Waals surface area contributed by atoms with Crippen LogP contribution < -0.4 is 0 Å². The van der Waals surface area contributed by atoms with E-state index in [1.165, 1.54) is 0 Å². The summed E-state index contributed by atoms with van der Waals surface area (Å²) in [4.78, 5) is 2.38. The molecule has 1 aromatic carbocycles. The number of methoxy groups -OCH3 is 1. The lowest BCUT2D eigenvalue weighted by Crippen LogP contribution is -2.21. The quantitative estimate of drug-likeness (QED) is 0.661. The number of rotatable bonds is 6. The number of likely N-dealkylation sites (tertiary alicyclic amines) is 1. The van der Waals surface area contributed by atoms with Gasteiger partial charge in [0.05, 0.1) is 18.2 Å². The molecular weight excluding hydrogens is 344 g/mol. The van der Waals surface area contributed by atoms with Gasteiger partial charge in [-0.3, -0.25) is 4.90 Å². The molecule has 7 nitrogen and oxygen atoms in total. The maximum Gasteiger partial charge on any atom is 0.247 e. The van der Waals surface area contributed by atoms with Crippen LogP contribution in [0.5, 0.6) is 0 Å². The summed E-state index contributed by atoms with van der Waals surface area (Å²) in [5, 5.41) is 12.7. The van der Waals surface area contributed by atoms with Gasteiger partial charge in [-0.2, -0.15) is 0 Å². The minimum absolute atomic E-state index is 0.149. The molecule has 0 aliphatic carbocycles. The molecule has 0 radical (unpaired) electrons. The first kappa shape index (κ1) is 17.9. The summed E-state index contributed by atoms with van der Waals surface area (Å²) >= 11 is 0. The van der Waals surface area contributed by atoms with Crippen LogP contribution >= 0.6 is 0 Å². The fraction of sp³-hybridized carbons (Fsp3) is 0.450. The van der Waals surface area contributed by atoms with Gasteiger partial charge in [-0.05, 0) is 26.0 Å². The summed E-state index contributed by atoms with van der Waals surface area (Å²) in [5.41, 5.74) is 3.04. The Kier molecular flexibility index (Phi) is 5.05. The molecule has 1 aliphatic heterocycles. The second-order valence-electron chi connectivity index (χ2n) is 7.13. The van der Waals surface area contributed by atoms with Crippen molar-refractivity contribution in [3.05, 3.63) is 53.2 Å². The van der Waals surface area contributed by atoms with E-state index in [1.54, 1.807) is 7.11 Å². The second-order valence-corrected chi connectivity index (χ2v) is 7.13. The van der Waals surface area contributed by atoms with Crippen molar-refractivity contribution < 1.29 is 13.7 Å². The first-order chi connectivity index (χ1) is 13.2. The van der Waals surface area contributed by atoms with Gasteiger partial charge in [0.15, 0.2) is 0 Å². The Morgan fingerprint density at radius 2 is 1.96 bits per heavy atom. The molecule has 1 aliphatic rings. The molecule has 0 saturated carbocycles. The molecule has 0 unspecified atom stereocenters. The predicted molar refractivity (Wildman–Crippen MR) is 99.1 cm³/mol. The molecule has 7 heteroatoms. The van der Waals surface area contributed by atoms with E-state index in [2.05, 4.69) is 20.3 Å². The van der Waals surface area contributed by atoms with Gasteiger partial charge in [0.2, 0.25) is 11.8 Å². The van der Waals surface area contributed by atoms with E-state index < -0.39 is 0 Å². The van der Waals surface area contributed by atoms with Crippen molar-refractivity contribution in [3.8, 4) is 11.5 Å². The molecule has 0 N–H and O–H groups in total. The van der Waals surface area contributed by atoms with Crippen molar-refractivity contribution in [1.29, 1.82) is 0 Å². The standard InChI is InChI=1S/C20H24N4O3/c1-13-17(14(2)27-23-13)10-24-9-16(12-25-3)18(11-24)20-22-21-19(26-20)15-7-5-4-6-8-15/h4-8,16,18H,9-12H2,1-3H3/t16-,18+/m0/s1. The van der Waals surface area contributed by atoms with Crippen LogP contribution in [0.1, 0.15) is 28.8 Å². The van der Waals surface area contributed by atoms with Crippen LogP contribution in [-0.2, 0) is 11.3 Å². The SMILES string of the molecule is COC[C@@H]1CN(Cc2c(C)noc2C)C[C@H]1c1nnc(-c2ccccc2)o1. The highest BCUT2D eigenvalue weighted by Gasteiger charge is 2.37. The molecule has 0 amide bonds. The zero-order chi connectivity index (χ0) is 18.8. The Morgan fingerprint density at radius 3 is 2.67 bits per heavy atom. The third-order valence-corrected chi connectivity index (χ3v) is 5.24. The summed E-state index contributed by atoms with van der Waals surface area (Å²) in [5.74, 6) is 2.57. The van der Waals surface area contributed by atoms with Gasteiger partial charge in [-0.1, -0.05) is 23.4 Å². The Bertz CT molecular complexity index is 870. The highest BCUT2D eigenvalue weighted by molar-refractivity contribution is 5.51. The van der Waals surface area contributed by atoms with Crippen molar-refractivity contribution in [1.82, 2.24) is 20.3 Å². The molecule has 4 rings (SSSR count). The van der Waals surface area contributed by atoms with Gasteiger partial charge in [0, 0.05) is 43.8 Å². The molecule has 2 aromatic heterocycles. The monoisotopic (exact) mass is 368 g/mol. The van der Waals surface area contributed by atoms with E-state index in [0.29, 0.717) is 24.3 Å². The predicted octanol–water partition coefficient (Wildman–Crippen LogP) is 3.20. The van der Waals surface area contributed by atoms with Crippen LogP contribution in [0, 0.1) is 19.8 Å². The first-order valence-corrected chi connectivity index (χ1v) is 9.17. The van der Waals surface area contributed by atoms with E-state index in [4.69, 9.17) is 13.7 Å². The van der Waals surface area contributed by atoms with Crippen molar-refractivity contribution >= 4 is 0 Å². The van der Waals surface area contributed by atoms with E-state index in [0.717, 1.165) is 42.2 Å². The fourth-order valence-corrected chi connectivity index (χ4v) is 3.79.